The summed E-state index contributed by atoms with van der Waals surface area (Å²) < 4.78 is 5.26. The Morgan fingerprint density at radius 2 is 2.29 bits per heavy atom. The number of carbonyl (C=O) groups is 2. The van der Waals surface area contributed by atoms with Crippen molar-refractivity contribution >= 4 is 11.8 Å². The van der Waals surface area contributed by atoms with Gasteiger partial charge in [-0.1, -0.05) is 19.9 Å². The van der Waals surface area contributed by atoms with E-state index in [1.807, 2.05) is 13.8 Å². The highest BCUT2D eigenvalue weighted by atomic mass is 16.5. The van der Waals surface area contributed by atoms with E-state index in [2.05, 4.69) is 6.58 Å². The molecule has 17 heavy (non-hydrogen) atoms. The van der Waals surface area contributed by atoms with Gasteiger partial charge in [-0.25, -0.2) is 0 Å². The van der Waals surface area contributed by atoms with Crippen LogP contribution in [0, 0.1) is 16.7 Å². The molecule has 0 amide bonds. The summed E-state index contributed by atoms with van der Waals surface area (Å²) in [7, 11) is 0. The lowest BCUT2D eigenvalue weighted by molar-refractivity contribution is -0.164. The summed E-state index contributed by atoms with van der Waals surface area (Å²) in [5, 5.41) is 0. The number of rotatable bonds is 4. The number of Topliss-reactive ketones (excluding diaryl/α,β-unsaturated/α-hetero) is 1. The van der Waals surface area contributed by atoms with Crippen LogP contribution in [0.25, 0.3) is 0 Å². The van der Waals surface area contributed by atoms with E-state index in [-0.39, 0.29) is 17.2 Å². The number of ketones is 1. The number of ether oxygens (including phenoxy) is 1. The van der Waals surface area contributed by atoms with Gasteiger partial charge in [0.1, 0.15) is 5.41 Å². The predicted octanol–water partition coefficient (Wildman–Crippen LogP) is 2.50. The van der Waals surface area contributed by atoms with Crippen LogP contribution in [0.2, 0.25) is 0 Å². The van der Waals surface area contributed by atoms with Crippen molar-refractivity contribution in [3.8, 4) is 0 Å². The van der Waals surface area contributed by atoms with Crippen molar-refractivity contribution in [2.75, 3.05) is 6.61 Å². The standard InChI is InChI=1S/C14H20O3/c1-4-5-8-17-12(16)14-7-6-10(9-11(14)15)13(14,2)3/h4,10H,1,5-9H2,2-3H3/t10-,14+/m1/s1. The zero-order valence-electron chi connectivity index (χ0n) is 10.6. The van der Waals surface area contributed by atoms with Crippen LogP contribution in [0.4, 0.5) is 0 Å². The summed E-state index contributed by atoms with van der Waals surface area (Å²) in [6.07, 6.45) is 4.53. The van der Waals surface area contributed by atoms with Crippen molar-refractivity contribution in [2.24, 2.45) is 16.7 Å². The zero-order valence-corrected chi connectivity index (χ0v) is 10.6. The van der Waals surface area contributed by atoms with Crippen LogP contribution in [0.5, 0.6) is 0 Å². The van der Waals surface area contributed by atoms with E-state index in [0.29, 0.717) is 31.8 Å². The molecule has 0 unspecified atom stereocenters. The number of fused-ring (bicyclic) bond motifs is 2. The molecule has 2 aliphatic carbocycles. The van der Waals surface area contributed by atoms with Gasteiger partial charge in [-0.05, 0) is 30.6 Å². The van der Waals surface area contributed by atoms with Gasteiger partial charge in [-0.3, -0.25) is 9.59 Å². The second-order valence-electron chi connectivity index (χ2n) is 5.70. The number of hydrogen-bond donors (Lipinski definition) is 0. The van der Waals surface area contributed by atoms with Gasteiger partial charge in [0.15, 0.2) is 5.78 Å². The van der Waals surface area contributed by atoms with Crippen LogP contribution in [0.3, 0.4) is 0 Å². The molecule has 2 atom stereocenters. The average Bonchev–Trinajstić information content (AvgIpc) is 2.63. The van der Waals surface area contributed by atoms with E-state index in [4.69, 9.17) is 4.74 Å². The van der Waals surface area contributed by atoms with Gasteiger partial charge >= 0.3 is 5.97 Å². The summed E-state index contributed by atoms with van der Waals surface area (Å²) >= 11 is 0. The van der Waals surface area contributed by atoms with Crippen molar-refractivity contribution in [1.29, 1.82) is 0 Å². The molecule has 0 saturated heterocycles. The molecular formula is C14H20O3. The molecule has 94 valence electrons. The fourth-order valence-electron chi connectivity index (χ4n) is 3.51. The lowest BCUT2D eigenvalue weighted by atomic mass is 9.69. The Morgan fingerprint density at radius 3 is 2.76 bits per heavy atom. The Kier molecular flexibility index (Phi) is 2.88. The highest BCUT2D eigenvalue weighted by molar-refractivity contribution is 6.07. The lowest BCUT2D eigenvalue weighted by Crippen LogP contribution is -2.44. The molecule has 2 rings (SSSR count). The molecule has 0 radical (unpaired) electrons. The number of hydrogen-bond acceptors (Lipinski definition) is 3. The smallest absolute Gasteiger partial charge is 0.320 e. The Balaban J connectivity index is 2.19. The number of carbonyl (C=O) groups excluding carboxylic acids is 2. The van der Waals surface area contributed by atoms with Crippen LogP contribution >= 0.6 is 0 Å². The van der Waals surface area contributed by atoms with Crippen molar-refractivity contribution in [3.63, 3.8) is 0 Å². The normalized spacial score (nSPS) is 33.8. The molecule has 0 aromatic heterocycles. The second kappa shape index (κ2) is 3.97. The Hall–Kier alpha value is -1.12. The fourth-order valence-corrected chi connectivity index (χ4v) is 3.51. The first-order chi connectivity index (χ1) is 7.96. The summed E-state index contributed by atoms with van der Waals surface area (Å²) in [4.78, 5) is 24.4. The first-order valence-corrected chi connectivity index (χ1v) is 6.28. The maximum absolute atomic E-state index is 12.2. The quantitative estimate of drug-likeness (QED) is 0.326. The van der Waals surface area contributed by atoms with Crippen molar-refractivity contribution in [3.05, 3.63) is 12.7 Å². The minimum absolute atomic E-state index is 0.0855. The van der Waals surface area contributed by atoms with E-state index in [1.165, 1.54) is 0 Å². The monoisotopic (exact) mass is 236 g/mol. The highest BCUT2D eigenvalue weighted by Gasteiger charge is 2.69. The highest BCUT2D eigenvalue weighted by Crippen LogP contribution is 2.64. The van der Waals surface area contributed by atoms with Gasteiger partial charge < -0.3 is 4.74 Å². The summed E-state index contributed by atoms with van der Waals surface area (Å²) in [5.74, 6) is 0.124. The van der Waals surface area contributed by atoms with Crippen molar-refractivity contribution in [2.45, 2.75) is 39.5 Å². The van der Waals surface area contributed by atoms with E-state index >= 15 is 0 Å². The second-order valence-corrected chi connectivity index (χ2v) is 5.70. The van der Waals surface area contributed by atoms with E-state index < -0.39 is 5.41 Å². The van der Waals surface area contributed by atoms with Crippen LogP contribution < -0.4 is 0 Å². The zero-order chi connectivity index (χ0) is 12.7. The summed E-state index contributed by atoms with van der Waals surface area (Å²) in [6, 6.07) is 0. The van der Waals surface area contributed by atoms with Gasteiger partial charge in [-0.15, -0.1) is 6.58 Å². The van der Waals surface area contributed by atoms with Crippen molar-refractivity contribution in [1.82, 2.24) is 0 Å². The van der Waals surface area contributed by atoms with Crippen LogP contribution in [-0.2, 0) is 14.3 Å². The van der Waals surface area contributed by atoms with Crippen LogP contribution in [-0.4, -0.2) is 18.4 Å². The molecule has 0 aliphatic heterocycles. The molecule has 0 N–H and O–H groups in total. The average molecular weight is 236 g/mol. The van der Waals surface area contributed by atoms with Crippen LogP contribution in [0.15, 0.2) is 12.7 Å². The van der Waals surface area contributed by atoms with E-state index in [1.54, 1.807) is 6.08 Å². The Morgan fingerprint density at radius 1 is 1.59 bits per heavy atom. The number of esters is 1. The van der Waals surface area contributed by atoms with Gasteiger partial charge in [0.05, 0.1) is 6.61 Å². The molecule has 2 bridgehead atoms. The Bertz CT molecular complexity index is 370. The third-order valence-corrected chi connectivity index (χ3v) is 4.80. The van der Waals surface area contributed by atoms with E-state index in [9.17, 15) is 9.59 Å². The lowest BCUT2D eigenvalue weighted by Gasteiger charge is -2.33. The van der Waals surface area contributed by atoms with E-state index in [0.717, 1.165) is 6.42 Å². The molecule has 2 saturated carbocycles. The summed E-state index contributed by atoms with van der Waals surface area (Å²) in [5.41, 5.74) is -1.10. The molecule has 0 aromatic rings. The molecule has 2 fully saturated rings. The molecule has 0 heterocycles. The minimum Gasteiger partial charge on any atom is -0.465 e. The fraction of sp³-hybridized carbons (Fsp3) is 0.714. The van der Waals surface area contributed by atoms with Gasteiger partial charge in [0, 0.05) is 6.42 Å². The third kappa shape index (κ3) is 1.48. The Labute approximate surface area is 102 Å². The largest absolute Gasteiger partial charge is 0.465 e. The maximum Gasteiger partial charge on any atom is 0.320 e. The molecule has 2 aliphatic rings. The molecule has 0 spiro atoms. The van der Waals surface area contributed by atoms with Crippen molar-refractivity contribution < 1.29 is 14.3 Å². The SMILES string of the molecule is C=CCCOC(=O)[C@]12CC[C@H](CC1=O)C2(C)C. The first-order valence-electron chi connectivity index (χ1n) is 6.28. The first kappa shape index (κ1) is 12.3. The predicted molar refractivity (Wildman–Crippen MR) is 64.3 cm³/mol. The topological polar surface area (TPSA) is 43.4 Å². The minimum atomic E-state index is -0.862. The molecule has 3 heteroatoms. The van der Waals surface area contributed by atoms with Gasteiger partial charge in [0.2, 0.25) is 0 Å². The maximum atomic E-state index is 12.2. The van der Waals surface area contributed by atoms with Gasteiger partial charge in [0.25, 0.3) is 0 Å². The third-order valence-electron chi connectivity index (χ3n) is 4.80. The van der Waals surface area contributed by atoms with Gasteiger partial charge in [-0.2, -0.15) is 0 Å². The molecule has 3 nitrogen and oxygen atoms in total. The molecular weight excluding hydrogens is 216 g/mol. The molecule has 0 aromatic carbocycles. The van der Waals surface area contributed by atoms with Crippen LogP contribution in [0.1, 0.15) is 39.5 Å². The summed E-state index contributed by atoms with van der Waals surface area (Å²) in [6.45, 7) is 7.98.